The summed E-state index contributed by atoms with van der Waals surface area (Å²) in [5.41, 5.74) is 1.55. The third-order valence-electron chi connectivity index (χ3n) is 4.50. The van der Waals surface area contributed by atoms with Gasteiger partial charge in [-0.3, -0.25) is 14.7 Å². The largest absolute Gasteiger partial charge is 0.379 e. The lowest BCUT2D eigenvalue weighted by molar-refractivity contribution is -0.118. The second-order valence-electron chi connectivity index (χ2n) is 6.46. The van der Waals surface area contributed by atoms with Gasteiger partial charge in [0.1, 0.15) is 11.6 Å². The molecule has 1 fully saturated rings. The molecule has 1 saturated heterocycles. The predicted octanol–water partition coefficient (Wildman–Crippen LogP) is 2.71. The number of benzene rings is 1. The van der Waals surface area contributed by atoms with Crippen molar-refractivity contribution in [2.75, 3.05) is 38.2 Å². The molecule has 0 saturated carbocycles. The average Bonchev–Trinajstić information content (AvgIpc) is 2.68. The van der Waals surface area contributed by atoms with E-state index in [0.717, 1.165) is 29.4 Å². The van der Waals surface area contributed by atoms with Crippen LogP contribution >= 0.6 is 0 Å². The SMILES string of the molecule is O=C(CN1CCOCC1)Nc1cc2cc(-c3cncc(F)c3)ccc2cn1. The van der Waals surface area contributed by atoms with Gasteiger partial charge in [-0.25, -0.2) is 9.37 Å². The number of carbonyl (C=O) groups excluding carboxylic acids is 1. The standard InChI is InChI=1S/C20H19FN4O2/c21-18-8-17(10-22-12-18)14-1-2-15-11-23-19(9-16(15)7-14)24-20(26)13-25-3-5-27-6-4-25/h1-2,7-12H,3-6,13H2,(H,23,24,26). The molecule has 0 bridgehead atoms. The van der Waals surface area contributed by atoms with Crippen molar-refractivity contribution in [1.29, 1.82) is 0 Å². The van der Waals surface area contributed by atoms with Crippen LogP contribution in [0, 0.1) is 5.82 Å². The molecule has 1 aromatic carbocycles. The molecule has 1 aliphatic rings. The summed E-state index contributed by atoms with van der Waals surface area (Å²) in [6.07, 6.45) is 4.51. The molecule has 4 rings (SSSR count). The molecule has 6 nitrogen and oxygen atoms in total. The fourth-order valence-corrected chi connectivity index (χ4v) is 3.10. The van der Waals surface area contributed by atoms with Crippen molar-refractivity contribution in [3.8, 4) is 11.1 Å². The first-order valence-corrected chi connectivity index (χ1v) is 8.78. The number of hydrogen-bond donors (Lipinski definition) is 1. The lowest BCUT2D eigenvalue weighted by Gasteiger charge is -2.25. The summed E-state index contributed by atoms with van der Waals surface area (Å²) < 4.78 is 18.7. The van der Waals surface area contributed by atoms with Gasteiger partial charge in [-0.15, -0.1) is 0 Å². The Hall–Kier alpha value is -2.90. The molecule has 7 heteroatoms. The summed E-state index contributed by atoms with van der Waals surface area (Å²) in [6.45, 7) is 3.13. The Morgan fingerprint density at radius 2 is 1.93 bits per heavy atom. The van der Waals surface area contributed by atoms with Gasteiger partial charge in [0, 0.05) is 36.4 Å². The molecule has 0 aliphatic carbocycles. The molecule has 138 valence electrons. The molecule has 1 amide bonds. The van der Waals surface area contributed by atoms with Gasteiger partial charge in [0.2, 0.25) is 5.91 Å². The van der Waals surface area contributed by atoms with Crippen LogP contribution in [0.15, 0.2) is 48.9 Å². The van der Waals surface area contributed by atoms with Gasteiger partial charge in [0.25, 0.3) is 0 Å². The van der Waals surface area contributed by atoms with Gasteiger partial charge in [0.15, 0.2) is 0 Å². The summed E-state index contributed by atoms with van der Waals surface area (Å²) in [5.74, 6) is 0.0166. The summed E-state index contributed by atoms with van der Waals surface area (Å²) in [7, 11) is 0. The Labute approximate surface area is 156 Å². The number of fused-ring (bicyclic) bond motifs is 1. The normalized spacial score (nSPS) is 15.0. The predicted molar refractivity (Wildman–Crippen MR) is 101 cm³/mol. The highest BCUT2D eigenvalue weighted by atomic mass is 19.1. The number of halogens is 1. The molecule has 27 heavy (non-hydrogen) atoms. The lowest BCUT2D eigenvalue weighted by atomic mass is 10.0. The van der Waals surface area contributed by atoms with Crippen LogP contribution < -0.4 is 5.32 Å². The van der Waals surface area contributed by atoms with Crippen molar-refractivity contribution in [3.63, 3.8) is 0 Å². The Morgan fingerprint density at radius 1 is 1.07 bits per heavy atom. The van der Waals surface area contributed by atoms with E-state index < -0.39 is 0 Å². The third kappa shape index (κ3) is 4.27. The van der Waals surface area contributed by atoms with Crippen LogP contribution in [-0.2, 0) is 9.53 Å². The zero-order valence-electron chi connectivity index (χ0n) is 14.7. The van der Waals surface area contributed by atoms with Crippen LogP contribution in [0.1, 0.15) is 0 Å². The Bertz CT molecular complexity index is 973. The Balaban J connectivity index is 1.53. The quantitative estimate of drug-likeness (QED) is 0.769. The average molecular weight is 366 g/mol. The summed E-state index contributed by atoms with van der Waals surface area (Å²) in [5, 5.41) is 4.69. The van der Waals surface area contributed by atoms with Crippen molar-refractivity contribution in [2.45, 2.75) is 0 Å². The van der Waals surface area contributed by atoms with Crippen LogP contribution in [0.3, 0.4) is 0 Å². The number of nitrogens with one attached hydrogen (secondary N) is 1. The van der Waals surface area contributed by atoms with E-state index in [4.69, 9.17) is 4.74 Å². The van der Waals surface area contributed by atoms with Gasteiger partial charge >= 0.3 is 0 Å². The highest BCUT2D eigenvalue weighted by molar-refractivity contribution is 5.94. The molecule has 0 unspecified atom stereocenters. The van der Waals surface area contributed by atoms with Crippen molar-refractivity contribution in [1.82, 2.24) is 14.9 Å². The second kappa shape index (κ2) is 7.77. The van der Waals surface area contributed by atoms with Gasteiger partial charge in [-0.05, 0) is 29.1 Å². The van der Waals surface area contributed by atoms with E-state index in [-0.39, 0.29) is 11.7 Å². The van der Waals surface area contributed by atoms with E-state index in [1.807, 2.05) is 24.3 Å². The maximum atomic E-state index is 13.4. The highest BCUT2D eigenvalue weighted by Crippen LogP contribution is 2.25. The third-order valence-corrected chi connectivity index (χ3v) is 4.50. The number of nitrogens with zero attached hydrogens (tertiary/aromatic N) is 3. The lowest BCUT2D eigenvalue weighted by Crippen LogP contribution is -2.41. The van der Waals surface area contributed by atoms with E-state index in [2.05, 4.69) is 20.2 Å². The van der Waals surface area contributed by atoms with Gasteiger partial charge in [-0.1, -0.05) is 12.1 Å². The van der Waals surface area contributed by atoms with Crippen LogP contribution in [0.4, 0.5) is 10.2 Å². The number of carbonyl (C=O) groups is 1. The zero-order chi connectivity index (χ0) is 18.6. The van der Waals surface area contributed by atoms with Gasteiger partial charge < -0.3 is 10.1 Å². The van der Waals surface area contributed by atoms with Crippen LogP contribution in [0.5, 0.6) is 0 Å². The highest BCUT2D eigenvalue weighted by Gasteiger charge is 2.14. The van der Waals surface area contributed by atoms with Crippen LogP contribution in [-0.4, -0.2) is 53.6 Å². The minimum Gasteiger partial charge on any atom is -0.379 e. The number of morpholine rings is 1. The van der Waals surface area contributed by atoms with Crippen molar-refractivity contribution >= 4 is 22.5 Å². The number of anilines is 1. The smallest absolute Gasteiger partial charge is 0.239 e. The molecule has 3 aromatic rings. The first kappa shape index (κ1) is 17.5. The monoisotopic (exact) mass is 366 g/mol. The molecule has 1 N–H and O–H groups in total. The zero-order valence-corrected chi connectivity index (χ0v) is 14.7. The van der Waals surface area contributed by atoms with Gasteiger partial charge in [0.05, 0.1) is 26.0 Å². The fourth-order valence-electron chi connectivity index (χ4n) is 3.10. The minimum absolute atomic E-state index is 0.103. The molecular weight excluding hydrogens is 347 g/mol. The van der Waals surface area contributed by atoms with Crippen LogP contribution in [0.25, 0.3) is 21.9 Å². The second-order valence-corrected chi connectivity index (χ2v) is 6.46. The first-order chi connectivity index (χ1) is 13.2. The van der Waals surface area contributed by atoms with Crippen LogP contribution in [0.2, 0.25) is 0 Å². The molecular formula is C20H19FN4O2. The van der Waals surface area contributed by atoms with Crippen molar-refractivity contribution in [2.24, 2.45) is 0 Å². The summed E-state index contributed by atoms with van der Waals surface area (Å²) in [4.78, 5) is 22.5. The van der Waals surface area contributed by atoms with Crippen molar-refractivity contribution < 1.29 is 13.9 Å². The van der Waals surface area contributed by atoms with Crippen molar-refractivity contribution in [3.05, 3.63) is 54.7 Å². The molecule has 1 aliphatic heterocycles. The molecule has 3 heterocycles. The van der Waals surface area contributed by atoms with E-state index in [0.29, 0.717) is 31.1 Å². The number of rotatable bonds is 4. The molecule has 0 atom stereocenters. The first-order valence-electron chi connectivity index (χ1n) is 8.78. The maximum Gasteiger partial charge on any atom is 0.239 e. The topological polar surface area (TPSA) is 67.3 Å². The number of pyridine rings is 2. The Morgan fingerprint density at radius 3 is 2.74 bits per heavy atom. The number of amides is 1. The van der Waals surface area contributed by atoms with E-state index in [9.17, 15) is 9.18 Å². The molecule has 0 radical (unpaired) electrons. The molecule has 0 spiro atoms. The Kier molecular flexibility index (Phi) is 5.04. The van der Waals surface area contributed by atoms with E-state index >= 15 is 0 Å². The minimum atomic E-state index is -0.376. The number of hydrogen-bond acceptors (Lipinski definition) is 5. The van der Waals surface area contributed by atoms with E-state index in [1.54, 1.807) is 12.4 Å². The van der Waals surface area contributed by atoms with E-state index in [1.165, 1.54) is 12.3 Å². The van der Waals surface area contributed by atoms with Gasteiger partial charge in [-0.2, -0.15) is 0 Å². The number of ether oxygens (including phenoxy) is 1. The molecule has 2 aromatic heterocycles. The number of aromatic nitrogens is 2. The summed E-state index contributed by atoms with van der Waals surface area (Å²) >= 11 is 0. The summed E-state index contributed by atoms with van der Waals surface area (Å²) in [6, 6.07) is 9.02. The fraction of sp³-hybridized carbons (Fsp3) is 0.250. The maximum absolute atomic E-state index is 13.4.